The summed E-state index contributed by atoms with van der Waals surface area (Å²) in [6, 6.07) is 9.39. The molecule has 1 aromatic carbocycles. The zero-order valence-electron chi connectivity index (χ0n) is 26.8. The van der Waals surface area contributed by atoms with Crippen LogP contribution >= 0.6 is 22.9 Å². The van der Waals surface area contributed by atoms with Gasteiger partial charge in [-0.2, -0.15) is 5.26 Å². The van der Waals surface area contributed by atoms with E-state index in [1.54, 1.807) is 42.8 Å². The Balaban J connectivity index is 1.19. The van der Waals surface area contributed by atoms with Crippen LogP contribution in [0.3, 0.4) is 0 Å². The van der Waals surface area contributed by atoms with Crippen LogP contribution in [-0.2, 0) is 6.54 Å². The number of carboxylic acid groups (broad SMARTS) is 1. The van der Waals surface area contributed by atoms with Gasteiger partial charge in [0.15, 0.2) is 0 Å². The van der Waals surface area contributed by atoms with Gasteiger partial charge in [0.1, 0.15) is 28.9 Å². The SMILES string of the molecule is Cc1nc2cnc(N(C)C3CCN(CC4(F)CC4)CC3)c(C#N)c2c(=O)n1CC#Cc1ccc(Cl)cc1-c1ccnc2c(C(=O)O)csc12. The minimum absolute atomic E-state index is 0.0104. The van der Waals surface area contributed by atoms with Gasteiger partial charge in [-0.15, -0.1) is 11.3 Å². The predicted molar refractivity (Wildman–Crippen MR) is 188 cm³/mol. The Morgan fingerprint density at radius 3 is 2.71 bits per heavy atom. The van der Waals surface area contributed by atoms with E-state index in [1.807, 2.05) is 11.9 Å². The lowest BCUT2D eigenvalue weighted by molar-refractivity contribution is 0.0699. The van der Waals surface area contributed by atoms with Crippen LogP contribution in [0.15, 0.2) is 46.8 Å². The lowest BCUT2D eigenvalue weighted by atomic mass is 10.00. The Morgan fingerprint density at radius 1 is 1.22 bits per heavy atom. The normalized spacial score (nSPS) is 15.9. The number of aryl methyl sites for hydroxylation is 1. The number of hydrogen-bond donors (Lipinski definition) is 1. The molecule has 1 saturated carbocycles. The molecule has 2 aliphatic rings. The Morgan fingerprint density at radius 2 is 2.00 bits per heavy atom. The second-order valence-corrected chi connectivity index (χ2v) is 13.9. The molecule has 2 fully saturated rings. The molecular formula is C36H31ClFN7O3S. The highest BCUT2D eigenvalue weighted by atomic mass is 35.5. The van der Waals surface area contributed by atoms with E-state index in [0.29, 0.717) is 62.9 Å². The summed E-state index contributed by atoms with van der Waals surface area (Å²) >= 11 is 7.67. The van der Waals surface area contributed by atoms with Crippen LogP contribution in [0, 0.1) is 30.1 Å². The molecule has 1 aliphatic heterocycles. The number of nitriles is 1. The molecule has 4 aromatic heterocycles. The molecule has 0 atom stereocenters. The van der Waals surface area contributed by atoms with Crippen molar-refractivity contribution < 1.29 is 14.3 Å². The van der Waals surface area contributed by atoms with Gasteiger partial charge in [-0.25, -0.2) is 19.2 Å². The van der Waals surface area contributed by atoms with E-state index in [0.717, 1.165) is 31.5 Å². The summed E-state index contributed by atoms with van der Waals surface area (Å²) in [5.74, 6) is 6.07. The van der Waals surface area contributed by atoms with Crippen LogP contribution in [0.2, 0.25) is 5.02 Å². The van der Waals surface area contributed by atoms with Crippen LogP contribution < -0.4 is 10.5 Å². The van der Waals surface area contributed by atoms with E-state index in [-0.39, 0.29) is 34.7 Å². The molecular weight excluding hydrogens is 665 g/mol. The summed E-state index contributed by atoms with van der Waals surface area (Å²) in [6.45, 7) is 3.73. The summed E-state index contributed by atoms with van der Waals surface area (Å²) in [6.07, 6.45) is 5.97. The average Bonchev–Trinajstić information content (AvgIpc) is 3.64. The number of aromatic carboxylic acids is 1. The maximum absolute atomic E-state index is 14.3. The second kappa shape index (κ2) is 12.9. The number of benzene rings is 1. The van der Waals surface area contributed by atoms with Gasteiger partial charge in [0.05, 0.1) is 39.4 Å². The Hall–Kier alpha value is -4.88. The molecule has 10 nitrogen and oxygen atoms in total. The monoisotopic (exact) mass is 695 g/mol. The largest absolute Gasteiger partial charge is 0.478 e. The standard InChI is InChI=1S/C36H31ClFN7O3S/c1-21-42-29-18-41-33(43(2)24-8-14-44(15-9-24)20-36(38)10-11-36)27(17-39)30(29)34(46)45(21)13-3-4-22-5-6-23(37)16-26(22)25-7-12-40-31-28(35(47)48)19-49-32(25)31/h5-7,12,16,18-19,24H,8-11,13-15,20H2,1-2H3,(H,47,48). The molecule has 0 spiro atoms. The van der Waals surface area contributed by atoms with Crippen molar-refractivity contribution in [2.75, 3.05) is 31.6 Å². The minimum atomic E-state index is -1.05. The van der Waals surface area contributed by atoms with Gasteiger partial charge in [-0.1, -0.05) is 23.4 Å². The van der Waals surface area contributed by atoms with Crippen LogP contribution in [0.25, 0.3) is 32.2 Å². The van der Waals surface area contributed by atoms with E-state index in [1.165, 1.54) is 22.1 Å². The highest BCUT2D eigenvalue weighted by Crippen LogP contribution is 2.41. The number of alkyl halides is 1. The minimum Gasteiger partial charge on any atom is -0.478 e. The summed E-state index contributed by atoms with van der Waals surface area (Å²) in [4.78, 5) is 43.3. The molecule has 0 amide bonds. The van der Waals surface area contributed by atoms with Gasteiger partial charge in [-0.3, -0.25) is 14.3 Å². The van der Waals surface area contributed by atoms with Gasteiger partial charge in [0.2, 0.25) is 0 Å². The number of piperidine rings is 1. The van der Waals surface area contributed by atoms with Crippen molar-refractivity contribution in [1.29, 1.82) is 5.26 Å². The number of halogens is 2. The van der Waals surface area contributed by atoms with Gasteiger partial charge in [0.25, 0.3) is 5.56 Å². The van der Waals surface area contributed by atoms with Crippen LogP contribution in [0.4, 0.5) is 10.2 Å². The molecule has 7 rings (SSSR count). The first-order valence-electron chi connectivity index (χ1n) is 15.9. The topological polar surface area (TPSA) is 128 Å². The number of anilines is 1. The summed E-state index contributed by atoms with van der Waals surface area (Å²) in [7, 11) is 1.89. The molecule has 0 radical (unpaired) electrons. The first-order valence-corrected chi connectivity index (χ1v) is 17.2. The van der Waals surface area contributed by atoms with Crippen molar-refractivity contribution in [2.24, 2.45) is 0 Å². The molecule has 1 aliphatic carbocycles. The molecule has 49 heavy (non-hydrogen) atoms. The number of fused-ring (bicyclic) bond motifs is 2. The highest BCUT2D eigenvalue weighted by molar-refractivity contribution is 7.18. The van der Waals surface area contributed by atoms with E-state index in [4.69, 9.17) is 11.6 Å². The van der Waals surface area contributed by atoms with E-state index in [9.17, 15) is 24.3 Å². The quantitative estimate of drug-likeness (QED) is 0.202. The summed E-state index contributed by atoms with van der Waals surface area (Å²) in [5.41, 5.74) is 1.71. The Labute approximate surface area is 290 Å². The first kappa shape index (κ1) is 32.7. The van der Waals surface area contributed by atoms with Crippen molar-refractivity contribution in [3.63, 3.8) is 0 Å². The van der Waals surface area contributed by atoms with Gasteiger partial charge >= 0.3 is 5.97 Å². The van der Waals surface area contributed by atoms with Gasteiger partial charge in [-0.05, 0) is 56.9 Å². The third-order valence-electron chi connectivity index (χ3n) is 9.44. The van der Waals surface area contributed by atoms with Gasteiger partial charge in [0, 0.05) is 66.0 Å². The molecule has 248 valence electrons. The number of nitrogens with zero attached hydrogens (tertiary/aromatic N) is 7. The number of hydrogen-bond acceptors (Lipinski definition) is 9. The highest BCUT2D eigenvalue weighted by Gasteiger charge is 2.45. The van der Waals surface area contributed by atoms with E-state index < -0.39 is 11.6 Å². The fraction of sp³-hybridized carbons (Fsp3) is 0.333. The Kier molecular flexibility index (Phi) is 8.57. The maximum atomic E-state index is 14.3. The van der Waals surface area contributed by atoms with Crippen LogP contribution in [0.1, 0.15) is 53.0 Å². The number of likely N-dealkylation sites (tertiary alicyclic amines) is 1. The molecule has 0 bridgehead atoms. The lowest BCUT2D eigenvalue weighted by Gasteiger charge is -2.38. The van der Waals surface area contributed by atoms with Gasteiger partial charge < -0.3 is 14.9 Å². The second-order valence-electron chi connectivity index (χ2n) is 12.6. The third-order valence-corrected chi connectivity index (χ3v) is 10.7. The summed E-state index contributed by atoms with van der Waals surface area (Å²) < 4.78 is 16.5. The lowest BCUT2D eigenvalue weighted by Crippen LogP contribution is -2.46. The zero-order valence-corrected chi connectivity index (χ0v) is 28.4. The number of carboxylic acids is 1. The van der Waals surface area contributed by atoms with E-state index in [2.05, 4.69) is 37.8 Å². The fourth-order valence-corrected chi connectivity index (χ4v) is 7.76. The fourth-order valence-electron chi connectivity index (χ4n) is 6.56. The number of thiophene rings is 1. The maximum Gasteiger partial charge on any atom is 0.338 e. The van der Waals surface area contributed by atoms with Crippen LogP contribution in [-0.4, -0.2) is 73.9 Å². The molecule has 5 heterocycles. The third kappa shape index (κ3) is 6.24. The molecule has 1 saturated heterocycles. The molecule has 0 unspecified atom stereocenters. The predicted octanol–water partition coefficient (Wildman–Crippen LogP) is 6.05. The zero-order chi connectivity index (χ0) is 34.4. The first-order chi connectivity index (χ1) is 23.6. The number of carbonyl (C=O) groups is 1. The number of aromatic nitrogens is 4. The van der Waals surface area contributed by atoms with E-state index >= 15 is 0 Å². The smallest absolute Gasteiger partial charge is 0.338 e. The van der Waals surface area contributed by atoms with Crippen molar-refractivity contribution >= 4 is 55.8 Å². The molecule has 5 aromatic rings. The van der Waals surface area contributed by atoms with Crippen molar-refractivity contribution in [1.82, 2.24) is 24.4 Å². The average molecular weight is 696 g/mol. The Bertz CT molecular complexity index is 2310. The molecule has 1 N–H and O–H groups in total. The van der Waals surface area contributed by atoms with Crippen molar-refractivity contribution in [2.45, 2.75) is 50.9 Å². The summed E-state index contributed by atoms with van der Waals surface area (Å²) in [5, 5.41) is 22.1. The van der Waals surface area contributed by atoms with Crippen molar-refractivity contribution in [3.8, 4) is 29.0 Å². The molecule has 13 heteroatoms. The van der Waals surface area contributed by atoms with Crippen LogP contribution in [0.5, 0.6) is 0 Å². The van der Waals surface area contributed by atoms with Crippen molar-refractivity contribution in [3.05, 3.63) is 79.9 Å². The number of rotatable bonds is 7. The number of pyridine rings is 2.